The second-order valence-electron chi connectivity index (χ2n) is 4.80. The molecule has 1 aromatic heterocycles. The van der Waals surface area contributed by atoms with E-state index in [1.165, 1.54) is 6.20 Å². The highest BCUT2D eigenvalue weighted by Crippen LogP contribution is 2.27. The van der Waals surface area contributed by atoms with Crippen LogP contribution < -0.4 is 5.32 Å². The molecule has 1 aliphatic rings. The Balaban J connectivity index is 2.07. The zero-order valence-corrected chi connectivity index (χ0v) is 10.9. The lowest BCUT2D eigenvalue weighted by molar-refractivity contribution is -0.119. The van der Waals surface area contributed by atoms with E-state index in [9.17, 15) is 9.90 Å². The minimum atomic E-state index is -0.234. The first-order valence-electron chi connectivity index (χ1n) is 6.08. The lowest BCUT2D eigenvalue weighted by Crippen LogP contribution is -2.26. The summed E-state index contributed by atoms with van der Waals surface area (Å²) >= 11 is 0. The molecule has 0 aromatic carbocycles. The molecule has 2 heterocycles. The van der Waals surface area contributed by atoms with Crippen molar-refractivity contribution < 1.29 is 9.90 Å². The number of aromatic nitrogens is 1. The van der Waals surface area contributed by atoms with Crippen LogP contribution in [0.1, 0.15) is 12.1 Å². The predicted molar refractivity (Wildman–Crippen MR) is 69.4 cm³/mol. The SMILES string of the molecule is Cc1nccc(NC(=O)C2CC(C#N)N(C)C2)c1O. The van der Waals surface area contributed by atoms with Crippen LogP contribution >= 0.6 is 0 Å². The summed E-state index contributed by atoms with van der Waals surface area (Å²) < 4.78 is 0. The van der Waals surface area contributed by atoms with Crippen LogP contribution in [0.5, 0.6) is 5.75 Å². The van der Waals surface area contributed by atoms with Gasteiger partial charge >= 0.3 is 0 Å². The molecule has 100 valence electrons. The molecular formula is C13H16N4O2. The number of aryl methyl sites for hydroxylation is 1. The molecule has 0 bridgehead atoms. The van der Waals surface area contributed by atoms with Crippen molar-refractivity contribution in [2.45, 2.75) is 19.4 Å². The normalized spacial score (nSPS) is 23.0. The monoisotopic (exact) mass is 260 g/mol. The van der Waals surface area contributed by atoms with Gasteiger partial charge in [-0.1, -0.05) is 0 Å². The van der Waals surface area contributed by atoms with Gasteiger partial charge in [0.2, 0.25) is 5.91 Å². The first kappa shape index (κ1) is 13.3. The van der Waals surface area contributed by atoms with Crippen molar-refractivity contribution in [1.82, 2.24) is 9.88 Å². The maximum Gasteiger partial charge on any atom is 0.228 e. The zero-order chi connectivity index (χ0) is 14.0. The molecule has 2 atom stereocenters. The lowest BCUT2D eigenvalue weighted by Gasteiger charge is -2.12. The summed E-state index contributed by atoms with van der Waals surface area (Å²) in [7, 11) is 1.83. The van der Waals surface area contributed by atoms with Crippen LogP contribution in [0.2, 0.25) is 0 Å². The average Bonchev–Trinajstić information content (AvgIpc) is 2.76. The van der Waals surface area contributed by atoms with Gasteiger partial charge in [0, 0.05) is 12.7 Å². The first-order valence-corrected chi connectivity index (χ1v) is 6.08. The molecule has 19 heavy (non-hydrogen) atoms. The molecule has 1 aromatic rings. The van der Waals surface area contributed by atoms with Crippen LogP contribution in [-0.4, -0.2) is 40.5 Å². The van der Waals surface area contributed by atoms with Gasteiger partial charge in [-0.15, -0.1) is 0 Å². The summed E-state index contributed by atoms with van der Waals surface area (Å²) in [5, 5.41) is 21.4. The van der Waals surface area contributed by atoms with E-state index >= 15 is 0 Å². The Labute approximate surface area is 111 Å². The average molecular weight is 260 g/mol. The summed E-state index contributed by atoms with van der Waals surface area (Å²) in [5.74, 6) is -0.424. The molecule has 1 aliphatic heterocycles. The van der Waals surface area contributed by atoms with Gasteiger partial charge in [0.25, 0.3) is 0 Å². The summed E-state index contributed by atoms with van der Waals surface area (Å²) in [6, 6.07) is 3.51. The molecule has 1 amide bonds. The Bertz CT molecular complexity index is 538. The molecule has 1 fully saturated rings. The molecule has 2 N–H and O–H groups in total. The fourth-order valence-corrected chi connectivity index (χ4v) is 2.23. The van der Waals surface area contributed by atoms with E-state index < -0.39 is 0 Å². The van der Waals surface area contributed by atoms with Crippen molar-refractivity contribution in [2.24, 2.45) is 5.92 Å². The minimum Gasteiger partial charge on any atom is -0.504 e. The number of aromatic hydroxyl groups is 1. The number of anilines is 1. The van der Waals surface area contributed by atoms with E-state index in [2.05, 4.69) is 16.4 Å². The maximum atomic E-state index is 12.1. The molecule has 0 aliphatic carbocycles. The summed E-state index contributed by atoms with van der Waals surface area (Å²) in [6.45, 7) is 2.22. The maximum absolute atomic E-state index is 12.1. The van der Waals surface area contributed by atoms with Crippen molar-refractivity contribution in [1.29, 1.82) is 5.26 Å². The Morgan fingerprint density at radius 3 is 3.05 bits per heavy atom. The first-order chi connectivity index (χ1) is 9.02. The van der Waals surface area contributed by atoms with Crippen molar-refractivity contribution in [3.05, 3.63) is 18.0 Å². The quantitative estimate of drug-likeness (QED) is 0.824. The van der Waals surface area contributed by atoms with E-state index in [1.54, 1.807) is 13.0 Å². The summed E-state index contributed by atoms with van der Waals surface area (Å²) in [5.41, 5.74) is 0.830. The summed E-state index contributed by atoms with van der Waals surface area (Å²) in [4.78, 5) is 17.9. The number of likely N-dealkylation sites (tertiary alicyclic amines) is 1. The zero-order valence-electron chi connectivity index (χ0n) is 10.9. The Morgan fingerprint density at radius 2 is 2.42 bits per heavy atom. The molecular weight excluding hydrogens is 244 g/mol. The fraction of sp³-hybridized carbons (Fsp3) is 0.462. The number of amides is 1. The van der Waals surface area contributed by atoms with Crippen LogP contribution in [0, 0.1) is 24.2 Å². The van der Waals surface area contributed by atoms with Crippen LogP contribution in [0.4, 0.5) is 5.69 Å². The van der Waals surface area contributed by atoms with Crippen LogP contribution in [-0.2, 0) is 4.79 Å². The largest absolute Gasteiger partial charge is 0.504 e. The van der Waals surface area contributed by atoms with Gasteiger partial charge in [-0.05, 0) is 26.5 Å². The number of hydrogen-bond donors (Lipinski definition) is 2. The predicted octanol–water partition coefficient (Wildman–Crippen LogP) is 0.878. The van der Waals surface area contributed by atoms with Crippen molar-refractivity contribution >= 4 is 11.6 Å². The second-order valence-corrected chi connectivity index (χ2v) is 4.80. The van der Waals surface area contributed by atoms with Crippen LogP contribution in [0.15, 0.2) is 12.3 Å². The standard InChI is InChI=1S/C13H16N4O2/c1-8-12(18)11(3-4-15-8)16-13(19)9-5-10(6-14)17(2)7-9/h3-4,9-10,18H,5,7H2,1-2H3,(H,15,16,19). The van der Waals surface area contributed by atoms with Crippen molar-refractivity contribution in [3.63, 3.8) is 0 Å². The van der Waals surface area contributed by atoms with Gasteiger partial charge in [0.15, 0.2) is 5.75 Å². The number of carbonyl (C=O) groups excluding carboxylic acids is 1. The Morgan fingerprint density at radius 1 is 1.68 bits per heavy atom. The van der Waals surface area contributed by atoms with Crippen LogP contribution in [0.3, 0.4) is 0 Å². The molecule has 2 unspecified atom stereocenters. The van der Waals surface area contributed by atoms with E-state index in [4.69, 9.17) is 5.26 Å². The van der Waals surface area contributed by atoms with Gasteiger partial charge in [-0.2, -0.15) is 5.26 Å². The van der Waals surface area contributed by atoms with E-state index in [1.807, 2.05) is 11.9 Å². The van der Waals surface area contributed by atoms with Gasteiger partial charge < -0.3 is 10.4 Å². The lowest BCUT2D eigenvalue weighted by atomic mass is 10.1. The van der Waals surface area contributed by atoms with E-state index in [0.29, 0.717) is 24.3 Å². The number of nitriles is 1. The number of carbonyl (C=O) groups is 1. The smallest absolute Gasteiger partial charge is 0.228 e. The highest BCUT2D eigenvalue weighted by molar-refractivity contribution is 5.94. The van der Waals surface area contributed by atoms with E-state index in [0.717, 1.165) is 0 Å². The topological polar surface area (TPSA) is 89.2 Å². The minimum absolute atomic E-state index is 0.0148. The molecule has 6 heteroatoms. The third-order valence-electron chi connectivity index (χ3n) is 3.43. The van der Waals surface area contributed by atoms with Crippen molar-refractivity contribution in [2.75, 3.05) is 18.9 Å². The van der Waals surface area contributed by atoms with Crippen LogP contribution in [0.25, 0.3) is 0 Å². The third kappa shape index (κ3) is 2.66. The third-order valence-corrected chi connectivity index (χ3v) is 3.43. The number of hydrogen-bond acceptors (Lipinski definition) is 5. The number of rotatable bonds is 2. The van der Waals surface area contributed by atoms with Gasteiger partial charge in [0.05, 0.1) is 29.4 Å². The Hall–Kier alpha value is -2.13. The Kier molecular flexibility index (Phi) is 3.67. The van der Waals surface area contributed by atoms with Crippen molar-refractivity contribution in [3.8, 4) is 11.8 Å². The molecule has 2 rings (SSSR count). The van der Waals surface area contributed by atoms with Gasteiger partial charge in [-0.25, -0.2) is 0 Å². The van der Waals surface area contributed by atoms with E-state index in [-0.39, 0.29) is 23.6 Å². The number of nitrogens with zero attached hydrogens (tertiary/aromatic N) is 3. The highest BCUT2D eigenvalue weighted by atomic mass is 16.3. The number of pyridine rings is 1. The molecule has 0 radical (unpaired) electrons. The van der Waals surface area contributed by atoms with Gasteiger partial charge in [-0.3, -0.25) is 14.7 Å². The molecule has 0 spiro atoms. The molecule has 1 saturated heterocycles. The highest BCUT2D eigenvalue weighted by Gasteiger charge is 2.34. The van der Waals surface area contributed by atoms with Gasteiger partial charge in [0.1, 0.15) is 0 Å². The molecule has 0 saturated carbocycles. The second kappa shape index (κ2) is 5.24. The fourth-order valence-electron chi connectivity index (χ4n) is 2.23. The molecule has 6 nitrogen and oxygen atoms in total. The summed E-state index contributed by atoms with van der Waals surface area (Å²) in [6.07, 6.45) is 2.05. The number of nitrogens with one attached hydrogen (secondary N) is 1.